The Morgan fingerprint density at radius 1 is 1.82 bits per heavy atom. The third-order valence-corrected chi connectivity index (χ3v) is 1.08. The van der Waals surface area contributed by atoms with E-state index in [4.69, 9.17) is 11.1 Å². The van der Waals surface area contributed by atoms with Crippen LogP contribution in [0.3, 0.4) is 0 Å². The van der Waals surface area contributed by atoms with Crippen LogP contribution in [-0.4, -0.2) is 24.5 Å². The highest BCUT2D eigenvalue weighted by Crippen LogP contribution is 1.76. The highest BCUT2D eigenvalue weighted by atomic mass is 15.3. The van der Waals surface area contributed by atoms with Gasteiger partial charge in [0.2, 0.25) is 0 Å². The minimum absolute atomic E-state index is 0.291. The average molecular weight is 154 g/mol. The summed E-state index contributed by atoms with van der Waals surface area (Å²) in [6.07, 6.45) is 1.69. The number of hydrazone groups is 1. The van der Waals surface area contributed by atoms with E-state index in [1.165, 1.54) is 0 Å². The van der Waals surface area contributed by atoms with Crippen molar-refractivity contribution in [1.82, 2.24) is 5.43 Å². The fourth-order valence-corrected chi connectivity index (χ4v) is 0.488. The van der Waals surface area contributed by atoms with E-state index in [2.05, 4.69) is 17.1 Å². The molecule has 0 aromatic carbocycles. The van der Waals surface area contributed by atoms with Gasteiger partial charge in [-0.3, -0.25) is 0 Å². The second-order valence-corrected chi connectivity index (χ2v) is 2.04. The van der Waals surface area contributed by atoms with Crippen molar-refractivity contribution < 1.29 is 0 Å². The van der Waals surface area contributed by atoms with Crippen LogP contribution in [-0.2, 0) is 0 Å². The molecule has 0 radical (unpaired) electrons. The molecule has 11 heavy (non-hydrogen) atoms. The lowest BCUT2D eigenvalue weighted by Gasteiger charge is -2.00. The van der Waals surface area contributed by atoms with Crippen molar-refractivity contribution in [3.8, 4) is 0 Å². The van der Waals surface area contributed by atoms with Crippen LogP contribution in [0.4, 0.5) is 0 Å². The zero-order valence-corrected chi connectivity index (χ0v) is 6.72. The maximum atomic E-state index is 7.21. The van der Waals surface area contributed by atoms with Crippen LogP contribution in [0.2, 0.25) is 0 Å². The van der Waals surface area contributed by atoms with Crippen LogP contribution in [0.25, 0.3) is 0 Å². The van der Waals surface area contributed by atoms with Gasteiger partial charge in [-0.25, -0.2) is 0 Å². The van der Waals surface area contributed by atoms with Gasteiger partial charge in [0.15, 0.2) is 0 Å². The van der Waals surface area contributed by atoms with Crippen molar-refractivity contribution in [3.63, 3.8) is 0 Å². The molecule has 62 valence electrons. The summed E-state index contributed by atoms with van der Waals surface area (Å²) in [7, 11) is 0. The molecule has 0 saturated carbocycles. The van der Waals surface area contributed by atoms with E-state index in [1.54, 1.807) is 13.0 Å². The van der Waals surface area contributed by atoms with Crippen molar-refractivity contribution in [2.75, 3.05) is 13.1 Å². The van der Waals surface area contributed by atoms with Crippen LogP contribution in [0, 0.1) is 5.41 Å². The third-order valence-electron chi connectivity index (χ3n) is 1.08. The number of hydrogen-bond donors (Lipinski definition) is 3. The normalized spacial score (nSPS) is 10.9. The molecule has 0 atom stereocenters. The average Bonchev–Trinajstić information content (AvgIpc) is 1.97. The predicted molar refractivity (Wildman–Crippen MR) is 48.1 cm³/mol. The number of rotatable bonds is 5. The lowest BCUT2D eigenvalue weighted by atomic mass is 10.3. The SMILES string of the molecule is C=CCN/N=C(/CN)C(C)=N. The Kier molecular flexibility index (Phi) is 5.02. The van der Waals surface area contributed by atoms with E-state index in [0.717, 1.165) is 0 Å². The van der Waals surface area contributed by atoms with Gasteiger partial charge in [0.05, 0.1) is 18.0 Å². The number of hydrogen-bond acceptors (Lipinski definition) is 4. The first-order valence-electron chi connectivity index (χ1n) is 3.38. The Balaban J connectivity index is 3.90. The molecule has 0 saturated heterocycles. The molecular weight excluding hydrogens is 140 g/mol. The first-order valence-corrected chi connectivity index (χ1v) is 3.38. The Morgan fingerprint density at radius 2 is 2.45 bits per heavy atom. The molecule has 4 nitrogen and oxygen atoms in total. The summed E-state index contributed by atoms with van der Waals surface area (Å²) >= 11 is 0. The Bertz CT molecular complexity index is 171. The van der Waals surface area contributed by atoms with E-state index in [1.807, 2.05) is 0 Å². The van der Waals surface area contributed by atoms with Gasteiger partial charge in [0, 0.05) is 6.54 Å². The molecule has 0 amide bonds. The summed E-state index contributed by atoms with van der Waals surface area (Å²) in [6.45, 7) is 6.05. The van der Waals surface area contributed by atoms with Crippen LogP contribution in [0.1, 0.15) is 6.92 Å². The molecule has 4 heteroatoms. The van der Waals surface area contributed by atoms with Crippen molar-refractivity contribution in [2.45, 2.75) is 6.92 Å². The van der Waals surface area contributed by atoms with Gasteiger partial charge in [-0.15, -0.1) is 6.58 Å². The van der Waals surface area contributed by atoms with Gasteiger partial charge in [-0.1, -0.05) is 6.08 Å². The number of nitrogens with zero attached hydrogens (tertiary/aromatic N) is 1. The summed E-state index contributed by atoms with van der Waals surface area (Å²) < 4.78 is 0. The van der Waals surface area contributed by atoms with Gasteiger partial charge in [-0.05, 0) is 6.92 Å². The Labute approximate surface area is 66.7 Å². The van der Waals surface area contributed by atoms with Crippen LogP contribution in [0.15, 0.2) is 17.8 Å². The van der Waals surface area contributed by atoms with Crippen LogP contribution < -0.4 is 11.2 Å². The molecule has 0 aromatic rings. The van der Waals surface area contributed by atoms with E-state index < -0.39 is 0 Å². The fraction of sp³-hybridized carbons (Fsp3) is 0.429. The molecule has 4 N–H and O–H groups in total. The zero-order valence-electron chi connectivity index (χ0n) is 6.72. The lowest BCUT2D eigenvalue weighted by Crippen LogP contribution is -2.24. The molecule has 0 aliphatic heterocycles. The molecular formula is C7H14N4. The predicted octanol–water partition coefficient (Wildman–Crippen LogP) is 0.116. The van der Waals surface area contributed by atoms with Crippen LogP contribution >= 0.6 is 0 Å². The van der Waals surface area contributed by atoms with E-state index >= 15 is 0 Å². The molecule has 0 unspecified atom stereocenters. The monoisotopic (exact) mass is 154 g/mol. The summed E-state index contributed by atoms with van der Waals surface area (Å²) in [5.74, 6) is 0. The van der Waals surface area contributed by atoms with E-state index in [9.17, 15) is 0 Å². The van der Waals surface area contributed by atoms with Crippen molar-refractivity contribution >= 4 is 11.4 Å². The number of nitrogens with two attached hydrogens (primary N) is 1. The molecule has 0 aliphatic carbocycles. The molecule has 0 rings (SSSR count). The zero-order chi connectivity index (χ0) is 8.69. The first kappa shape index (κ1) is 9.84. The van der Waals surface area contributed by atoms with Gasteiger partial charge in [0.25, 0.3) is 0 Å². The highest BCUT2D eigenvalue weighted by Gasteiger charge is 1.96. The maximum absolute atomic E-state index is 7.21. The molecule has 0 aliphatic rings. The van der Waals surface area contributed by atoms with Crippen LogP contribution in [0.5, 0.6) is 0 Å². The minimum Gasteiger partial charge on any atom is -0.325 e. The third kappa shape index (κ3) is 4.27. The van der Waals surface area contributed by atoms with Gasteiger partial charge in [-0.2, -0.15) is 5.10 Å². The number of nitrogens with one attached hydrogen (secondary N) is 2. The summed E-state index contributed by atoms with van der Waals surface area (Å²) in [5.41, 5.74) is 9.00. The Hall–Kier alpha value is -1.16. The van der Waals surface area contributed by atoms with Crippen molar-refractivity contribution in [2.24, 2.45) is 10.8 Å². The Morgan fingerprint density at radius 3 is 2.82 bits per heavy atom. The van der Waals surface area contributed by atoms with Crippen molar-refractivity contribution in [1.29, 1.82) is 5.41 Å². The summed E-state index contributed by atoms with van der Waals surface area (Å²) in [4.78, 5) is 0. The van der Waals surface area contributed by atoms with Gasteiger partial charge < -0.3 is 16.6 Å². The lowest BCUT2D eigenvalue weighted by molar-refractivity contribution is 0.825. The first-order chi connectivity index (χ1) is 5.22. The second kappa shape index (κ2) is 5.61. The quantitative estimate of drug-likeness (QED) is 0.228. The molecule has 0 aromatic heterocycles. The summed E-state index contributed by atoms with van der Waals surface area (Å²) in [5, 5.41) is 11.1. The van der Waals surface area contributed by atoms with Crippen molar-refractivity contribution in [3.05, 3.63) is 12.7 Å². The molecule has 0 fully saturated rings. The standard InChI is InChI=1S/C7H14N4/c1-3-4-10-11-7(5-8)6(2)9/h3,9-10H,1,4-5,8H2,2H3/b9-6?,11-7-. The van der Waals surface area contributed by atoms with Gasteiger partial charge in [0.1, 0.15) is 0 Å². The minimum atomic E-state index is 0.291. The van der Waals surface area contributed by atoms with E-state index in [0.29, 0.717) is 24.5 Å². The summed E-state index contributed by atoms with van der Waals surface area (Å²) in [6, 6.07) is 0. The second-order valence-electron chi connectivity index (χ2n) is 2.04. The fourth-order valence-electron chi connectivity index (χ4n) is 0.488. The highest BCUT2D eigenvalue weighted by molar-refractivity contribution is 6.40. The van der Waals surface area contributed by atoms with Gasteiger partial charge >= 0.3 is 0 Å². The molecule has 0 spiro atoms. The van der Waals surface area contributed by atoms with E-state index in [-0.39, 0.29) is 0 Å². The molecule has 0 bridgehead atoms. The molecule has 0 heterocycles. The largest absolute Gasteiger partial charge is 0.325 e. The topological polar surface area (TPSA) is 74.3 Å². The maximum Gasteiger partial charge on any atom is 0.0942 e. The smallest absolute Gasteiger partial charge is 0.0942 e.